The number of anilines is 1. The number of carbonyl (C=O) groups excluding carboxylic acids is 1. The predicted molar refractivity (Wildman–Crippen MR) is 127 cm³/mol. The molecule has 0 N–H and O–H groups in total. The maximum atomic E-state index is 12.2. The molecule has 32 heavy (non-hydrogen) atoms. The predicted octanol–water partition coefficient (Wildman–Crippen LogP) is 3.65. The van der Waals surface area contributed by atoms with E-state index in [9.17, 15) is 4.79 Å². The highest BCUT2D eigenvalue weighted by molar-refractivity contribution is 5.77. The van der Waals surface area contributed by atoms with Crippen LogP contribution in [0.2, 0.25) is 0 Å². The topological polar surface area (TPSA) is 58.6 Å². The Labute approximate surface area is 189 Å². The van der Waals surface area contributed by atoms with Crippen LogP contribution in [-0.4, -0.2) is 60.7 Å². The number of ether oxygens (including phenoxy) is 1. The maximum absolute atomic E-state index is 12.2. The lowest BCUT2D eigenvalue weighted by Crippen LogP contribution is -2.50. The zero-order valence-electron chi connectivity index (χ0n) is 19.0. The van der Waals surface area contributed by atoms with Gasteiger partial charge >= 0.3 is 0 Å². The van der Waals surface area contributed by atoms with Gasteiger partial charge in [0.1, 0.15) is 12.4 Å². The zero-order valence-corrected chi connectivity index (χ0v) is 19.0. The van der Waals surface area contributed by atoms with Gasteiger partial charge in [-0.1, -0.05) is 60.2 Å². The van der Waals surface area contributed by atoms with Crippen molar-refractivity contribution in [2.45, 2.75) is 20.3 Å². The molecule has 1 amide bonds. The van der Waals surface area contributed by atoms with Crippen molar-refractivity contribution in [3.05, 3.63) is 77.0 Å². The van der Waals surface area contributed by atoms with Crippen LogP contribution in [-0.2, 0) is 16.0 Å². The first kappa shape index (κ1) is 22.0. The van der Waals surface area contributed by atoms with E-state index in [1.54, 1.807) is 7.11 Å². The van der Waals surface area contributed by atoms with E-state index in [-0.39, 0.29) is 12.5 Å². The Balaban J connectivity index is 1.67. The number of aromatic nitrogens is 2. The molecule has 166 valence electrons. The van der Waals surface area contributed by atoms with Gasteiger partial charge in [0.2, 0.25) is 5.91 Å². The number of nitrogens with zero attached hydrogens (tertiary/aromatic N) is 4. The molecule has 6 heteroatoms. The Morgan fingerprint density at radius 1 is 0.938 bits per heavy atom. The van der Waals surface area contributed by atoms with Crippen LogP contribution in [0.5, 0.6) is 0 Å². The quantitative estimate of drug-likeness (QED) is 0.598. The fraction of sp³-hybridized carbons (Fsp3) is 0.346. The second kappa shape index (κ2) is 9.92. The summed E-state index contributed by atoms with van der Waals surface area (Å²) in [5.74, 6) is 1.75. The van der Waals surface area contributed by atoms with Crippen molar-refractivity contribution in [3.8, 4) is 11.4 Å². The Bertz CT molecular complexity index is 1060. The summed E-state index contributed by atoms with van der Waals surface area (Å²) in [6.45, 7) is 7.10. The highest BCUT2D eigenvalue weighted by Crippen LogP contribution is 2.28. The highest BCUT2D eigenvalue weighted by Gasteiger charge is 2.25. The zero-order chi connectivity index (χ0) is 22.5. The Kier molecular flexibility index (Phi) is 6.81. The van der Waals surface area contributed by atoms with Gasteiger partial charge in [0.25, 0.3) is 0 Å². The Morgan fingerprint density at radius 3 is 2.28 bits per heavy atom. The van der Waals surface area contributed by atoms with Gasteiger partial charge in [-0.15, -0.1) is 0 Å². The number of hydrogen-bond donors (Lipinski definition) is 0. The van der Waals surface area contributed by atoms with Crippen molar-refractivity contribution >= 4 is 11.7 Å². The lowest BCUT2D eigenvalue weighted by atomic mass is 10.0. The molecule has 1 aromatic heterocycles. The number of aryl methyl sites for hydroxylation is 2. The molecule has 0 atom stereocenters. The molecule has 6 nitrogen and oxygen atoms in total. The maximum Gasteiger partial charge on any atom is 0.248 e. The van der Waals surface area contributed by atoms with E-state index in [4.69, 9.17) is 14.7 Å². The molecule has 0 radical (unpaired) electrons. The molecular weight excluding hydrogens is 400 g/mol. The minimum atomic E-state index is 0.0378. The third-order valence-electron chi connectivity index (χ3n) is 5.93. The van der Waals surface area contributed by atoms with E-state index < -0.39 is 0 Å². The Hall–Kier alpha value is -3.25. The number of carbonyl (C=O) groups is 1. The van der Waals surface area contributed by atoms with Crippen LogP contribution in [0.15, 0.2) is 54.6 Å². The third kappa shape index (κ3) is 4.97. The van der Waals surface area contributed by atoms with Gasteiger partial charge in [0.05, 0.1) is 0 Å². The molecule has 0 aliphatic carbocycles. The van der Waals surface area contributed by atoms with Crippen molar-refractivity contribution in [1.82, 2.24) is 14.9 Å². The summed E-state index contributed by atoms with van der Waals surface area (Å²) in [5.41, 5.74) is 5.63. The summed E-state index contributed by atoms with van der Waals surface area (Å²) in [4.78, 5) is 26.3. The van der Waals surface area contributed by atoms with Crippen LogP contribution in [0.3, 0.4) is 0 Å². The lowest BCUT2D eigenvalue weighted by Gasteiger charge is -2.36. The average molecular weight is 431 g/mol. The summed E-state index contributed by atoms with van der Waals surface area (Å²) < 4.78 is 5.02. The van der Waals surface area contributed by atoms with Gasteiger partial charge in [0.15, 0.2) is 5.82 Å². The van der Waals surface area contributed by atoms with E-state index in [1.807, 2.05) is 35.2 Å². The highest BCUT2D eigenvalue weighted by atomic mass is 16.5. The summed E-state index contributed by atoms with van der Waals surface area (Å²) in [7, 11) is 1.56. The summed E-state index contributed by atoms with van der Waals surface area (Å²) in [5, 5.41) is 0. The summed E-state index contributed by atoms with van der Waals surface area (Å²) in [6.07, 6.45) is 0.777. The fourth-order valence-electron chi connectivity index (χ4n) is 4.06. The second-order valence-electron chi connectivity index (χ2n) is 8.26. The number of methoxy groups -OCH3 is 1. The van der Waals surface area contributed by atoms with Gasteiger partial charge in [-0.3, -0.25) is 4.79 Å². The first-order chi connectivity index (χ1) is 15.5. The van der Waals surface area contributed by atoms with E-state index >= 15 is 0 Å². The molecule has 3 aromatic rings. The van der Waals surface area contributed by atoms with Crippen molar-refractivity contribution < 1.29 is 9.53 Å². The van der Waals surface area contributed by atoms with Crippen LogP contribution in [0, 0.1) is 13.8 Å². The number of rotatable bonds is 6. The van der Waals surface area contributed by atoms with E-state index in [2.05, 4.69) is 43.0 Å². The molecule has 1 aliphatic rings. The Morgan fingerprint density at radius 2 is 1.62 bits per heavy atom. The van der Waals surface area contributed by atoms with Crippen molar-refractivity contribution in [1.29, 1.82) is 0 Å². The number of amides is 1. The molecular formula is C26H30N4O2. The lowest BCUT2D eigenvalue weighted by molar-refractivity contribution is -0.135. The minimum Gasteiger partial charge on any atom is -0.375 e. The smallest absolute Gasteiger partial charge is 0.248 e. The average Bonchev–Trinajstić information content (AvgIpc) is 2.82. The van der Waals surface area contributed by atoms with Crippen LogP contribution in [0.1, 0.15) is 22.4 Å². The monoisotopic (exact) mass is 430 g/mol. The standard InChI is InChI=1S/C26H30N4O2/c1-19-9-11-21(12-10-19)17-23-20(2)27-25(22-7-5-4-6-8-22)28-26(23)30-15-13-29(14-16-30)24(31)18-32-3/h4-12H,13-18H2,1-3H3. The fourth-order valence-corrected chi connectivity index (χ4v) is 4.06. The van der Waals surface area contributed by atoms with Gasteiger partial charge in [-0.2, -0.15) is 0 Å². The van der Waals surface area contributed by atoms with Crippen molar-refractivity contribution in [3.63, 3.8) is 0 Å². The van der Waals surface area contributed by atoms with Gasteiger partial charge in [-0.25, -0.2) is 9.97 Å². The number of hydrogen-bond acceptors (Lipinski definition) is 5. The second-order valence-corrected chi connectivity index (χ2v) is 8.26. The van der Waals surface area contributed by atoms with E-state index in [0.29, 0.717) is 13.1 Å². The molecule has 0 saturated carbocycles. The number of benzene rings is 2. The van der Waals surface area contributed by atoms with Gasteiger partial charge in [-0.05, 0) is 19.4 Å². The summed E-state index contributed by atoms with van der Waals surface area (Å²) >= 11 is 0. The number of piperazine rings is 1. The molecule has 4 rings (SSSR count). The molecule has 2 heterocycles. The van der Waals surface area contributed by atoms with E-state index in [1.165, 1.54) is 11.1 Å². The van der Waals surface area contributed by atoms with Gasteiger partial charge in [0, 0.05) is 56.5 Å². The molecule has 1 saturated heterocycles. The normalized spacial score (nSPS) is 14.0. The largest absolute Gasteiger partial charge is 0.375 e. The van der Waals surface area contributed by atoms with Crippen LogP contribution < -0.4 is 4.90 Å². The van der Waals surface area contributed by atoms with E-state index in [0.717, 1.165) is 48.0 Å². The summed E-state index contributed by atoms with van der Waals surface area (Å²) in [6, 6.07) is 18.7. The molecule has 1 fully saturated rings. The first-order valence-corrected chi connectivity index (χ1v) is 11.1. The third-order valence-corrected chi connectivity index (χ3v) is 5.93. The molecule has 2 aromatic carbocycles. The van der Waals surface area contributed by atoms with Crippen LogP contribution in [0.25, 0.3) is 11.4 Å². The molecule has 0 unspecified atom stereocenters. The molecule has 0 bridgehead atoms. The molecule has 1 aliphatic heterocycles. The minimum absolute atomic E-state index is 0.0378. The van der Waals surface area contributed by atoms with Crippen LogP contribution >= 0.6 is 0 Å². The first-order valence-electron chi connectivity index (χ1n) is 11.1. The van der Waals surface area contributed by atoms with Gasteiger partial charge < -0.3 is 14.5 Å². The van der Waals surface area contributed by atoms with Crippen molar-refractivity contribution in [2.24, 2.45) is 0 Å². The molecule has 0 spiro atoms. The van der Waals surface area contributed by atoms with Crippen molar-refractivity contribution in [2.75, 3.05) is 44.8 Å². The SMILES string of the molecule is COCC(=O)N1CCN(c2nc(-c3ccccc3)nc(C)c2Cc2ccc(C)cc2)CC1. The van der Waals surface area contributed by atoms with Crippen LogP contribution in [0.4, 0.5) is 5.82 Å².